The van der Waals surface area contributed by atoms with Crippen LogP contribution in [-0.4, -0.2) is 6.54 Å². The summed E-state index contributed by atoms with van der Waals surface area (Å²) >= 11 is 0. The molecule has 1 nitrogen and oxygen atoms in total. The molecule has 0 heterocycles. The maximum absolute atomic E-state index is 14.0. The van der Waals surface area contributed by atoms with Crippen molar-refractivity contribution < 1.29 is 13.2 Å². The van der Waals surface area contributed by atoms with E-state index in [4.69, 9.17) is 5.73 Å². The third-order valence-corrected chi connectivity index (χ3v) is 2.76. The minimum Gasteiger partial charge on any atom is -0.330 e. The fourth-order valence-corrected chi connectivity index (χ4v) is 1.69. The minimum absolute atomic E-state index is 0.00412. The van der Waals surface area contributed by atoms with E-state index >= 15 is 0 Å². The fourth-order valence-electron chi connectivity index (χ4n) is 1.69. The molecule has 1 aromatic carbocycles. The molecular formula is C12H16F3N. The Bertz CT molecular complexity index is 352. The second kappa shape index (κ2) is 5.34. The van der Waals surface area contributed by atoms with Gasteiger partial charge in [-0.3, -0.25) is 0 Å². The van der Waals surface area contributed by atoms with Gasteiger partial charge in [0.15, 0.2) is 0 Å². The molecule has 0 aliphatic heterocycles. The highest BCUT2D eigenvalue weighted by molar-refractivity contribution is 5.21. The van der Waals surface area contributed by atoms with E-state index in [2.05, 4.69) is 0 Å². The summed E-state index contributed by atoms with van der Waals surface area (Å²) in [6, 6.07) is 2.88. The summed E-state index contributed by atoms with van der Waals surface area (Å²) in [5.41, 5.74) is 5.34. The molecule has 90 valence electrons. The molecule has 0 aromatic heterocycles. The van der Waals surface area contributed by atoms with Crippen LogP contribution in [0.5, 0.6) is 0 Å². The van der Waals surface area contributed by atoms with E-state index in [1.54, 1.807) is 0 Å². The minimum atomic E-state index is -1.49. The Balaban J connectivity index is 2.99. The predicted octanol–water partition coefficient (Wildman–Crippen LogP) is 3.21. The number of hydrogen-bond acceptors (Lipinski definition) is 1. The molecule has 0 fully saturated rings. The summed E-state index contributed by atoms with van der Waals surface area (Å²) in [7, 11) is 0. The normalized spacial score (nSPS) is 15.2. The number of halogens is 3. The van der Waals surface area contributed by atoms with E-state index in [9.17, 15) is 13.2 Å². The smallest absolute Gasteiger partial charge is 0.132 e. The van der Waals surface area contributed by atoms with Crippen LogP contribution in [0.25, 0.3) is 0 Å². The zero-order valence-electron chi connectivity index (χ0n) is 9.38. The van der Waals surface area contributed by atoms with Crippen LogP contribution in [0, 0.1) is 23.5 Å². The van der Waals surface area contributed by atoms with Crippen molar-refractivity contribution >= 4 is 0 Å². The van der Waals surface area contributed by atoms with Crippen LogP contribution < -0.4 is 5.73 Å². The molecule has 0 saturated carbocycles. The molecule has 0 bridgehead atoms. The number of hydrogen-bond donors (Lipinski definition) is 1. The van der Waals surface area contributed by atoms with Crippen LogP contribution in [0.15, 0.2) is 18.2 Å². The van der Waals surface area contributed by atoms with E-state index in [1.165, 1.54) is 0 Å². The maximum Gasteiger partial charge on any atom is 0.132 e. The van der Waals surface area contributed by atoms with Gasteiger partial charge in [0.2, 0.25) is 0 Å². The Labute approximate surface area is 93.5 Å². The lowest BCUT2D eigenvalue weighted by Gasteiger charge is -2.23. The third kappa shape index (κ3) is 2.76. The van der Waals surface area contributed by atoms with Crippen LogP contribution in [0.2, 0.25) is 0 Å². The summed E-state index contributed by atoms with van der Waals surface area (Å²) in [5, 5.41) is 0. The van der Waals surface area contributed by atoms with E-state index in [0.717, 1.165) is 12.1 Å². The SMILES string of the molecule is CC(C)C(CN)C(F)c1ccc(F)cc1F. The molecule has 4 heteroatoms. The van der Waals surface area contributed by atoms with Crippen LogP contribution in [0.1, 0.15) is 25.6 Å². The molecular weight excluding hydrogens is 215 g/mol. The standard InChI is InChI=1S/C12H16F3N/c1-7(2)10(6-16)12(15)9-4-3-8(13)5-11(9)14/h3-5,7,10,12H,6,16H2,1-2H3. The molecule has 0 radical (unpaired) electrons. The van der Waals surface area contributed by atoms with E-state index < -0.39 is 23.7 Å². The number of alkyl halides is 1. The maximum atomic E-state index is 14.0. The first-order valence-electron chi connectivity index (χ1n) is 5.26. The van der Waals surface area contributed by atoms with Crippen LogP contribution in [0.4, 0.5) is 13.2 Å². The lowest BCUT2D eigenvalue weighted by atomic mass is 9.87. The average molecular weight is 231 g/mol. The molecule has 0 amide bonds. The quantitative estimate of drug-likeness (QED) is 0.846. The Morgan fingerprint density at radius 1 is 1.25 bits per heavy atom. The lowest BCUT2D eigenvalue weighted by molar-refractivity contribution is 0.184. The van der Waals surface area contributed by atoms with Crippen molar-refractivity contribution in [1.29, 1.82) is 0 Å². The van der Waals surface area contributed by atoms with Gasteiger partial charge in [0.25, 0.3) is 0 Å². The highest BCUT2D eigenvalue weighted by atomic mass is 19.1. The second-order valence-electron chi connectivity index (χ2n) is 4.21. The van der Waals surface area contributed by atoms with Gasteiger partial charge in [-0.1, -0.05) is 19.9 Å². The van der Waals surface area contributed by atoms with Gasteiger partial charge in [-0.25, -0.2) is 13.2 Å². The molecule has 2 atom stereocenters. The van der Waals surface area contributed by atoms with Crippen molar-refractivity contribution in [3.8, 4) is 0 Å². The first-order valence-corrected chi connectivity index (χ1v) is 5.26. The van der Waals surface area contributed by atoms with Crippen molar-refractivity contribution in [1.82, 2.24) is 0 Å². The molecule has 0 aliphatic rings. The zero-order chi connectivity index (χ0) is 12.3. The summed E-state index contributed by atoms with van der Waals surface area (Å²) in [5.74, 6) is -2.02. The number of nitrogens with two attached hydrogens (primary N) is 1. The molecule has 1 rings (SSSR count). The molecule has 0 aliphatic carbocycles. The van der Waals surface area contributed by atoms with Gasteiger partial charge in [-0.05, 0) is 18.5 Å². The number of benzene rings is 1. The summed E-state index contributed by atoms with van der Waals surface area (Å²) in [6.07, 6.45) is -1.49. The molecule has 16 heavy (non-hydrogen) atoms. The van der Waals surface area contributed by atoms with Gasteiger partial charge in [-0.2, -0.15) is 0 Å². The van der Waals surface area contributed by atoms with E-state index in [0.29, 0.717) is 6.07 Å². The first-order chi connectivity index (χ1) is 7.47. The van der Waals surface area contributed by atoms with Gasteiger partial charge in [0, 0.05) is 17.5 Å². The van der Waals surface area contributed by atoms with Gasteiger partial charge in [0.05, 0.1) is 0 Å². The first kappa shape index (κ1) is 13.0. The fraction of sp³-hybridized carbons (Fsp3) is 0.500. The van der Waals surface area contributed by atoms with Crippen LogP contribution in [-0.2, 0) is 0 Å². The zero-order valence-corrected chi connectivity index (χ0v) is 9.38. The monoisotopic (exact) mass is 231 g/mol. The van der Waals surface area contributed by atoms with Crippen molar-refractivity contribution in [3.05, 3.63) is 35.4 Å². The Hall–Kier alpha value is -1.03. The summed E-state index contributed by atoms with van der Waals surface area (Å²) < 4.78 is 40.0. The molecule has 2 unspecified atom stereocenters. The topological polar surface area (TPSA) is 26.0 Å². The van der Waals surface area contributed by atoms with Gasteiger partial charge in [-0.15, -0.1) is 0 Å². The van der Waals surface area contributed by atoms with Gasteiger partial charge in [0.1, 0.15) is 17.8 Å². The van der Waals surface area contributed by atoms with Crippen molar-refractivity contribution in [2.75, 3.05) is 6.54 Å². The largest absolute Gasteiger partial charge is 0.330 e. The summed E-state index contributed by atoms with van der Waals surface area (Å²) in [4.78, 5) is 0. The molecule has 1 aromatic rings. The second-order valence-corrected chi connectivity index (χ2v) is 4.21. The summed E-state index contributed by atoms with van der Waals surface area (Å²) in [6.45, 7) is 3.78. The highest BCUT2D eigenvalue weighted by Crippen LogP contribution is 2.32. The van der Waals surface area contributed by atoms with Gasteiger partial charge >= 0.3 is 0 Å². The Morgan fingerprint density at radius 3 is 2.31 bits per heavy atom. The highest BCUT2D eigenvalue weighted by Gasteiger charge is 2.26. The van der Waals surface area contributed by atoms with E-state index in [1.807, 2.05) is 13.8 Å². The predicted molar refractivity (Wildman–Crippen MR) is 57.6 cm³/mol. The Kier molecular flexibility index (Phi) is 4.35. The van der Waals surface area contributed by atoms with Crippen molar-refractivity contribution in [2.45, 2.75) is 20.0 Å². The van der Waals surface area contributed by atoms with Crippen LogP contribution in [0.3, 0.4) is 0 Å². The van der Waals surface area contributed by atoms with E-state index in [-0.39, 0.29) is 18.0 Å². The molecule has 0 spiro atoms. The lowest BCUT2D eigenvalue weighted by Crippen LogP contribution is -2.25. The third-order valence-electron chi connectivity index (χ3n) is 2.76. The van der Waals surface area contributed by atoms with Gasteiger partial charge < -0.3 is 5.73 Å². The molecule has 2 N–H and O–H groups in total. The number of rotatable bonds is 4. The van der Waals surface area contributed by atoms with Crippen LogP contribution >= 0.6 is 0 Å². The van der Waals surface area contributed by atoms with Crippen molar-refractivity contribution in [2.24, 2.45) is 17.6 Å². The average Bonchev–Trinajstić information content (AvgIpc) is 2.17. The molecule has 0 saturated heterocycles. The van der Waals surface area contributed by atoms with Crippen molar-refractivity contribution in [3.63, 3.8) is 0 Å². The Morgan fingerprint density at radius 2 is 1.88 bits per heavy atom.